The number of thioether (sulfide) groups is 1. The first-order chi connectivity index (χ1) is 6.84. The van der Waals surface area contributed by atoms with Crippen LogP contribution in [-0.2, 0) is 0 Å². The SMILES string of the molecule is Cl.Clc1nccc(SCC2CCNC2)n1. The molecule has 2 heterocycles. The number of rotatable bonds is 3. The van der Waals surface area contributed by atoms with Crippen LogP contribution in [0.4, 0.5) is 0 Å². The predicted octanol–water partition coefficient (Wildman–Crippen LogP) is 2.25. The van der Waals surface area contributed by atoms with Crippen LogP contribution in [0.25, 0.3) is 0 Å². The van der Waals surface area contributed by atoms with E-state index >= 15 is 0 Å². The highest BCUT2D eigenvalue weighted by Crippen LogP contribution is 2.21. The van der Waals surface area contributed by atoms with Crippen molar-refractivity contribution in [2.45, 2.75) is 11.4 Å². The van der Waals surface area contributed by atoms with Crippen molar-refractivity contribution in [3.05, 3.63) is 17.5 Å². The Morgan fingerprint density at radius 2 is 2.47 bits per heavy atom. The molecule has 15 heavy (non-hydrogen) atoms. The van der Waals surface area contributed by atoms with E-state index in [1.54, 1.807) is 18.0 Å². The van der Waals surface area contributed by atoms with E-state index < -0.39 is 0 Å². The monoisotopic (exact) mass is 265 g/mol. The first-order valence-corrected chi connectivity index (χ1v) is 6.03. The third-order valence-electron chi connectivity index (χ3n) is 2.23. The fraction of sp³-hybridized carbons (Fsp3) is 0.556. The van der Waals surface area contributed by atoms with Crippen molar-refractivity contribution < 1.29 is 0 Å². The second kappa shape index (κ2) is 6.53. The molecule has 84 valence electrons. The van der Waals surface area contributed by atoms with E-state index in [0.717, 1.165) is 29.8 Å². The molecule has 6 heteroatoms. The average molecular weight is 266 g/mol. The van der Waals surface area contributed by atoms with Crippen LogP contribution in [0.5, 0.6) is 0 Å². The molecule has 0 saturated carbocycles. The Hall–Kier alpha value is -0.0300. The third kappa shape index (κ3) is 4.15. The fourth-order valence-corrected chi connectivity index (χ4v) is 2.66. The quantitative estimate of drug-likeness (QED) is 0.517. The summed E-state index contributed by atoms with van der Waals surface area (Å²) in [6.45, 7) is 2.28. The molecule has 1 fully saturated rings. The van der Waals surface area contributed by atoms with Crippen LogP contribution in [0.15, 0.2) is 17.3 Å². The van der Waals surface area contributed by atoms with Gasteiger partial charge >= 0.3 is 0 Å². The molecular weight excluding hydrogens is 253 g/mol. The van der Waals surface area contributed by atoms with E-state index in [2.05, 4.69) is 15.3 Å². The molecular formula is C9H13Cl2N3S. The minimum Gasteiger partial charge on any atom is -0.316 e. The standard InChI is InChI=1S/C9H12ClN3S.ClH/c10-9-12-4-2-8(13-9)14-6-7-1-3-11-5-7;/h2,4,7,11H,1,3,5-6H2;1H. The zero-order valence-corrected chi connectivity index (χ0v) is 10.5. The Labute approximate surface area is 105 Å². The number of hydrogen-bond donors (Lipinski definition) is 1. The molecule has 0 spiro atoms. The van der Waals surface area contributed by atoms with Gasteiger partial charge in [-0.05, 0) is 43.1 Å². The smallest absolute Gasteiger partial charge is 0.223 e. The lowest BCUT2D eigenvalue weighted by Gasteiger charge is -2.06. The minimum atomic E-state index is 0. The van der Waals surface area contributed by atoms with Gasteiger partial charge in [-0.3, -0.25) is 0 Å². The van der Waals surface area contributed by atoms with Crippen molar-refractivity contribution in [3.63, 3.8) is 0 Å². The Bertz CT molecular complexity index is 305. The van der Waals surface area contributed by atoms with Gasteiger partial charge in [-0.1, -0.05) is 0 Å². The maximum absolute atomic E-state index is 5.69. The van der Waals surface area contributed by atoms with Gasteiger partial charge in [-0.15, -0.1) is 24.2 Å². The van der Waals surface area contributed by atoms with E-state index in [4.69, 9.17) is 11.6 Å². The van der Waals surface area contributed by atoms with Crippen molar-refractivity contribution in [2.75, 3.05) is 18.8 Å². The van der Waals surface area contributed by atoms with Crippen LogP contribution < -0.4 is 5.32 Å². The van der Waals surface area contributed by atoms with Gasteiger partial charge in [0, 0.05) is 11.9 Å². The molecule has 1 aliphatic heterocycles. The predicted molar refractivity (Wildman–Crippen MR) is 66.0 cm³/mol. The Morgan fingerprint density at radius 1 is 1.60 bits per heavy atom. The van der Waals surface area contributed by atoms with E-state index in [1.807, 2.05) is 6.07 Å². The van der Waals surface area contributed by atoms with Crippen LogP contribution in [0.2, 0.25) is 5.28 Å². The molecule has 1 unspecified atom stereocenters. The van der Waals surface area contributed by atoms with E-state index in [1.165, 1.54) is 6.42 Å². The van der Waals surface area contributed by atoms with Gasteiger partial charge in [0.25, 0.3) is 0 Å². The molecule has 2 rings (SSSR count). The summed E-state index contributed by atoms with van der Waals surface area (Å²) < 4.78 is 0. The van der Waals surface area contributed by atoms with Crippen molar-refractivity contribution in [2.24, 2.45) is 5.92 Å². The summed E-state index contributed by atoms with van der Waals surface area (Å²) >= 11 is 7.45. The summed E-state index contributed by atoms with van der Waals surface area (Å²) in [5.41, 5.74) is 0. The molecule has 0 bridgehead atoms. The molecule has 0 aromatic carbocycles. The number of aromatic nitrogens is 2. The van der Waals surface area contributed by atoms with E-state index in [9.17, 15) is 0 Å². The van der Waals surface area contributed by atoms with Crippen LogP contribution in [0, 0.1) is 5.92 Å². The van der Waals surface area contributed by atoms with Crippen molar-refractivity contribution in [1.82, 2.24) is 15.3 Å². The van der Waals surface area contributed by atoms with E-state index in [0.29, 0.717) is 5.28 Å². The zero-order valence-electron chi connectivity index (χ0n) is 8.15. The molecule has 1 saturated heterocycles. The highest BCUT2D eigenvalue weighted by Gasteiger charge is 2.14. The van der Waals surface area contributed by atoms with Crippen molar-refractivity contribution >= 4 is 35.8 Å². The molecule has 1 atom stereocenters. The topological polar surface area (TPSA) is 37.8 Å². The van der Waals surface area contributed by atoms with Gasteiger partial charge in [0.05, 0.1) is 0 Å². The first-order valence-electron chi connectivity index (χ1n) is 4.66. The normalized spacial score (nSPS) is 19.9. The second-order valence-corrected chi connectivity index (χ2v) is 4.71. The lowest BCUT2D eigenvalue weighted by atomic mass is 10.2. The highest BCUT2D eigenvalue weighted by molar-refractivity contribution is 7.99. The summed E-state index contributed by atoms with van der Waals surface area (Å²) in [7, 11) is 0. The molecule has 0 aliphatic carbocycles. The molecule has 0 radical (unpaired) electrons. The van der Waals surface area contributed by atoms with Crippen LogP contribution in [-0.4, -0.2) is 28.8 Å². The summed E-state index contributed by atoms with van der Waals surface area (Å²) in [4.78, 5) is 7.98. The van der Waals surface area contributed by atoms with Crippen molar-refractivity contribution in [3.8, 4) is 0 Å². The van der Waals surface area contributed by atoms with Crippen LogP contribution >= 0.6 is 35.8 Å². The summed E-state index contributed by atoms with van der Waals surface area (Å²) in [6, 6.07) is 1.90. The second-order valence-electron chi connectivity index (χ2n) is 3.33. The van der Waals surface area contributed by atoms with Gasteiger partial charge in [0.15, 0.2) is 0 Å². The number of nitrogens with zero attached hydrogens (tertiary/aromatic N) is 2. The lowest BCUT2D eigenvalue weighted by Crippen LogP contribution is -2.10. The van der Waals surface area contributed by atoms with Crippen LogP contribution in [0.3, 0.4) is 0 Å². The number of hydrogen-bond acceptors (Lipinski definition) is 4. The molecule has 1 aromatic heterocycles. The molecule has 1 aromatic rings. The van der Waals surface area contributed by atoms with Gasteiger partial charge in [-0.2, -0.15) is 0 Å². The summed E-state index contributed by atoms with van der Waals surface area (Å²) in [5.74, 6) is 1.88. The average Bonchev–Trinajstić information content (AvgIpc) is 2.67. The molecule has 0 amide bonds. The summed E-state index contributed by atoms with van der Waals surface area (Å²) in [5, 5.41) is 4.65. The molecule has 1 aliphatic rings. The fourth-order valence-electron chi connectivity index (χ4n) is 1.46. The first kappa shape index (κ1) is 13.0. The highest BCUT2D eigenvalue weighted by atomic mass is 35.5. The maximum Gasteiger partial charge on any atom is 0.223 e. The molecule has 1 N–H and O–H groups in total. The van der Waals surface area contributed by atoms with Gasteiger partial charge in [-0.25, -0.2) is 9.97 Å². The van der Waals surface area contributed by atoms with Gasteiger partial charge in [0.2, 0.25) is 5.28 Å². The van der Waals surface area contributed by atoms with Gasteiger partial charge in [0.1, 0.15) is 5.03 Å². The number of halogens is 2. The summed E-state index contributed by atoms with van der Waals surface area (Å²) in [6.07, 6.45) is 2.97. The largest absolute Gasteiger partial charge is 0.316 e. The maximum atomic E-state index is 5.69. The number of nitrogens with one attached hydrogen (secondary N) is 1. The lowest BCUT2D eigenvalue weighted by molar-refractivity contribution is 0.662. The Balaban J connectivity index is 0.00000112. The Morgan fingerprint density at radius 3 is 3.13 bits per heavy atom. The Kier molecular flexibility index (Phi) is 5.68. The van der Waals surface area contributed by atoms with Gasteiger partial charge < -0.3 is 5.32 Å². The minimum absolute atomic E-state index is 0. The van der Waals surface area contributed by atoms with Crippen molar-refractivity contribution in [1.29, 1.82) is 0 Å². The molecule has 3 nitrogen and oxygen atoms in total. The van der Waals surface area contributed by atoms with Crippen LogP contribution in [0.1, 0.15) is 6.42 Å². The van der Waals surface area contributed by atoms with E-state index in [-0.39, 0.29) is 12.4 Å². The third-order valence-corrected chi connectivity index (χ3v) is 3.57. The zero-order chi connectivity index (χ0) is 9.80.